The molecule has 0 aromatic heterocycles. The van der Waals surface area contributed by atoms with Gasteiger partial charge in [-0.05, 0) is 45.2 Å². The number of carbonyl (C=O) groups is 1. The molecule has 4 nitrogen and oxygen atoms in total. The highest BCUT2D eigenvalue weighted by atomic mass is 16.2. The molecule has 1 saturated heterocycles. The number of benzene rings is 1. The van der Waals surface area contributed by atoms with E-state index in [-0.39, 0.29) is 5.91 Å². The maximum atomic E-state index is 12.3. The molecule has 1 heterocycles. The predicted molar refractivity (Wildman–Crippen MR) is 84.0 cm³/mol. The zero-order valence-corrected chi connectivity index (χ0v) is 12.5. The average Bonchev–Trinajstić information content (AvgIpc) is 2.48. The van der Waals surface area contributed by atoms with Crippen LogP contribution in [-0.2, 0) is 4.79 Å². The summed E-state index contributed by atoms with van der Waals surface area (Å²) in [7, 11) is 0. The lowest BCUT2D eigenvalue weighted by molar-refractivity contribution is -0.123. The van der Waals surface area contributed by atoms with Crippen molar-refractivity contribution in [3.05, 3.63) is 24.3 Å². The minimum Gasteiger partial charge on any atom is -0.370 e. The number of piperidine rings is 1. The lowest BCUT2D eigenvalue weighted by Crippen LogP contribution is -2.38. The van der Waals surface area contributed by atoms with Crippen molar-refractivity contribution >= 4 is 17.3 Å². The fourth-order valence-corrected chi connectivity index (χ4v) is 2.37. The molecule has 2 rings (SSSR count). The number of amides is 1. The standard InChI is InChI=1S/C16H25N3O/c1-16(2,12-17)15(20)18-13-8-4-5-9-14(13)19-10-6-3-7-11-19/h4-5,8-9H,3,6-7,10-12,17H2,1-2H3,(H,18,20). The molecule has 1 aliphatic heterocycles. The lowest BCUT2D eigenvalue weighted by atomic mass is 9.92. The van der Waals surface area contributed by atoms with Crippen molar-refractivity contribution in [3.63, 3.8) is 0 Å². The Balaban J connectivity index is 2.17. The molecule has 0 spiro atoms. The van der Waals surface area contributed by atoms with Gasteiger partial charge in [0.2, 0.25) is 5.91 Å². The first kappa shape index (κ1) is 14.9. The van der Waals surface area contributed by atoms with Gasteiger partial charge >= 0.3 is 0 Å². The van der Waals surface area contributed by atoms with E-state index in [0.717, 1.165) is 24.5 Å². The second kappa shape index (κ2) is 6.27. The van der Waals surface area contributed by atoms with Gasteiger partial charge in [-0.15, -0.1) is 0 Å². The van der Waals surface area contributed by atoms with Gasteiger partial charge in [0.15, 0.2) is 0 Å². The summed E-state index contributed by atoms with van der Waals surface area (Å²) in [6.07, 6.45) is 3.73. The maximum Gasteiger partial charge on any atom is 0.231 e. The summed E-state index contributed by atoms with van der Waals surface area (Å²) in [5.41, 5.74) is 7.13. The van der Waals surface area contributed by atoms with Crippen molar-refractivity contribution in [3.8, 4) is 0 Å². The Hall–Kier alpha value is -1.55. The van der Waals surface area contributed by atoms with Gasteiger partial charge < -0.3 is 16.0 Å². The van der Waals surface area contributed by atoms with Crippen LogP contribution in [0.25, 0.3) is 0 Å². The van der Waals surface area contributed by atoms with E-state index in [0.29, 0.717) is 6.54 Å². The highest BCUT2D eigenvalue weighted by Crippen LogP contribution is 2.29. The second-order valence-electron chi connectivity index (χ2n) is 6.11. The van der Waals surface area contributed by atoms with Crippen molar-refractivity contribution in [2.24, 2.45) is 11.1 Å². The number of para-hydroxylation sites is 2. The van der Waals surface area contributed by atoms with Gasteiger partial charge in [-0.1, -0.05) is 12.1 Å². The minimum absolute atomic E-state index is 0.0236. The molecule has 1 amide bonds. The summed E-state index contributed by atoms with van der Waals surface area (Å²) in [6, 6.07) is 8.02. The van der Waals surface area contributed by atoms with Gasteiger partial charge in [-0.2, -0.15) is 0 Å². The van der Waals surface area contributed by atoms with E-state index >= 15 is 0 Å². The van der Waals surface area contributed by atoms with Crippen LogP contribution in [0.5, 0.6) is 0 Å². The smallest absolute Gasteiger partial charge is 0.231 e. The summed E-state index contributed by atoms with van der Waals surface area (Å²) < 4.78 is 0. The second-order valence-corrected chi connectivity index (χ2v) is 6.11. The number of hydrogen-bond donors (Lipinski definition) is 2. The monoisotopic (exact) mass is 275 g/mol. The quantitative estimate of drug-likeness (QED) is 0.888. The first-order valence-electron chi connectivity index (χ1n) is 7.40. The molecule has 1 aliphatic rings. The Morgan fingerprint density at radius 3 is 2.55 bits per heavy atom. The van der Waals surface area contributed by atoms with Crippen LogP contribution in [0.2, 0.25) is 0 Å². The van der Waals surface area contributed by atoms with Crippen LogP contribution in [0.4, 0.5) is 11.4 Å². The number of nitrogens with two attached hydrogens (primary N) is 1. The van der Waals surface area contributed by atoms with Crippen molar-refractivity contribution < 1.29 is 4.79 Å². The van der Waals surface area contributed by atoms with E-state index < -0.39 is 5.41 Å². The number of anilines is 2. The summed E-state index contributed by atoms with van der Waals surface area (Å²) in [5.74, 6) is -0.0236. The first-order chi connectivity index (χ1) is 9.54. The van der Waals surface area contributed by atoms with Gasteiger partial charge in [0.25, 0.3) is 0 Å². The number of rotatable bonds is 4. The van der Waals surface area contributed by atoms with E-state index in [2.05, 4.69) is 16.3 Å². The number of nitrogens with one attached hydrogen (secondary N) is 1. The fourth-order valence-electron chi connectivity index (χ4n) is 2.37. The van der Waals surface area contributed by atoms with Crippen molar-refractivity contribution in [1.82, 2.24) is 0 Å². The molecular formula is C16H25N3O. The third-order valence-corrected chi connectivity index (χ3v) is 3.97. The van der Waals surface area contributed by atoms with Crippen molar-refractivity contribution in [1.29, 1.82) is 0 Å². The predicted octanol–water partition coefficient (Wildman–Crippen LogP) is 2.60. The van der Waals surface area contributed by atoms with Gasteiger partial charge in [0.05, 0.1) is 16.8 Å². The van der Waals surface area contributed by atoms with Crippen LogP contribution >= 0.6 is 0 Å². The van der Waals surface area contributed by atoms with Crippen LogP contribution in [0, 0.1) is 5.41 Å². The van der Waals surface area contributed by atoms with E-state index in [1.54, 1.807) is 0 Å². The largest absolute Gasteiger partial charge is 0.370 e. The third-order valence-electron chi connectivity index (χ3n) is 3.97. The van der Waals surface area contributed by atoms with E-state index in [4.69, 9.17) is 5.73 Å². The summed E-state index contributed by atoms with van der Waals surface area (Å²) in [6.45, 7) is 6.20. The van der Waals surface area contributed by atoms with Gasteiger partial charge in [-0.3, -0.25) is 4.79 Å². The number of carbonyl (C=O) groups excluding carboxylic acids is 1. The highest BCUT2D eigenvalue weighted by Gasteiger charge is 2.26. The molecule has 4 heteroatoms. The van der Waals surface area contributed by atoms with Crippen LogP contribution in [-0.4, -0.2) is 25.5 Å². The van der Waals surface area contributed by atoms with Crippen molar-refractivity contribution in [2.75, 3.05) is 29.9 Å². The molecule has 1 aromatic rings. The van der Waals surface area contributed by atoms with E-state index in [1.807, 2.05) is 32.0 Å². The topological polar surface area (TPSA) is 58.4 Å². The lowest BCUT2D eigenvalue weighted by Gasteiger charge is -2.31. The number of nitrogens with zero attached hydrogens (tertiary/aromatic N) is 1. The molecule has 0 unspecified atom stereocenters. The van der Waals surface area contributed by atoms with Crippen molar-refractivity contribution in [2.45, 2.75) is 33.1 Å². The molecule has 0 aliphatic carbocycles. The Morgan fingerprint density at radius 2 is 1.90 bits per heavy atom. The van der Waals surface area contributed by atoms with Crippen LogP contribution in [0.15, 0.2) is 24.3 Å². The SMILES string of the molecule is CC(C)(CN)C(=O)Nc1ccccc1N1CCCCC1. The Kier molecular flexibility index (Phi) is 4.65. The Morgan fingerprint density at radius 1 is 1.25 bits per heavy atom. The average molecular weight is 275 g/mol. The van der Waals surface area contributed by atoms with Gasteiger partial charge in [0, 0.05) is 19.6 Å². The Labute approximate surface area is 121 Å². The van der Waals surface area contributed by atoms with Gasteiger partial charge in [0.1, 0.15) is 0 Å². The molecular weight excluding hydrogens is 250 g/mol. The molecule has 110 valence electrons. The fraction of sp³-hybridized carbons (Fsp3) is 0.562. The summed E-state index contributed by atoms with van der Waals surface area (Å²) in [5, 5.41) is 3.04. The summed E-state index contributed by atoms with van der Waals surface area (Å²) in [4.78, 5) is 14.6. The zero-order valence-electron chi connectivity index (χ0n) is 12.5. The molecule has 3 N–H and O–H groups in total. The molecule has 20 heavy (non-hydrogen) atoms. The first-order valence-corrected chi connectivity index (χ1v) is 7.40. The van der Waals surface area contributed by atoms with Gasteiger partial charge in [-0.25, -0.2) is 0 Å². The van der Waals surface area contributed by atoms with Crippen LogP contribution in [0.3, 0.4) is 0 Å². The molecule has 1 fully saturated rings. The Bertz CT molecular complexity index is 465. The van der Waals surface area contributed by atoms with E-state index in [9.17, 15) is 4.79 Å². The molecule has 0 atom stereocenters. The summed E-state index contributed by atoms with van der Waals surface area (Å²) >= 11 is 0. The molecule has 0 bridgehead atoms. The molecule has 0 radical (unpaired) electrons. The van der Waals surface area contributed by atoms with Crippen LogP contribution < -0.4 is 16.0 Å². The van der Waals surface area contributed by atoms with Crippen LogP contribution in [0.1, 0.15) is 33.1 Å². The third kappa shape index (κ3) is 3.31. The zero-order chi connectivity index (χ0) is 14.6. The van der Waals surface area contributed by atoms with E-state index in [1.165, 1.54) is 19.3 Å². The molecule has 0 saturated carbocycles. The highest BCUT2D eigenvalue weighted by molar-refractivity contribution is 5.97. The minimum atomic E-state index is -0.547. The normalized spacial score (nSPS) is 16.1. The molecule has 1 aromatic carbocycles. The number of hydrogen-bond acceptors (Lipinski definition) is 3. The maximum absolute atomic E-state index is 12.3.